The number of ether oxygens (including phenoxy) is 2. The van der Waals surface area contributed by atoms with Crippen LogP contribution in [0.4, 0.5) is 5.69 Å². The van der Waals surface area contributed by atoms with Crippen molar-refractivity contribution in [1.29, 1.82) is 0 Å². The van der Waals surface area contributed by atoms with Crippen LogP contribution in [0.25, 0.3) is 6.08 Å². The van der Waals surface area contributed by atoms with Gasteiger partial charge in [0.05, 0.1) is 5.57 Å². The number of benzene rings is 2. The number of hydrogen-bond acceptors (Lipinski definition) is 5. The second-order valence-corrected chi connectivity index (χ2v) is 7.13. The molecule has 0 radical (unpaired) electrons. The second kappa shape index (κ2) is 8.73. The molecule has 6 nitrogen and oxygen atoms in total. The predicted octanol–water partition coefficient (Wildman–Crippen LogP) is 3.87. The van der Waals surface area contributed by atoms with Gasteiger partial charge in [-0.05, 0) is 43.3 Å². The minimum atomic E-state index is -0.948. The van der Waals surface area contributed by atoms with Gasteiger partial charge in [0.1, 0.15) is 12.4 Å². The van der Waals surface area contributed by atoms with Gasteiger partial charge in [0.25, 0.3) is 0 Å². The molecule has 0 bridgehead atoms. The van der Waals surface area contributed by atoms with Crippen molar-refractivity contribution in [2.75, 3.05) is 11.9 Å². The highest BCUT2D eigenvalue weighted by Crippen LogP contribution is 2.26. The summed E-state index contributed by atoms with van der Waals surface area (Å²) in [6, 6.07) is 13.9. The average Bonchev–Trinajstić information content (AvgIpc) is 2.73. The number of carbonyl (C=O) groups excluding carboxylic acids is 3. The Hall–Kier alpha value is -3.41. The van der Waals surface area contributed by atoms with E-state index in [2.05, 4.69) is 5.32 Å². The highest BCUT2D eigenvalue weighted by molar-refractivity contribution is 6.03. The van der Waals surface area contributed by atoms with E-state index in [9.17, 15) is 14.4 Å². The zero-order valence-electron chi connectivity index (χ0n) is 16.6. The van der Waals surface area contributed by atoms with Crippen molar-refractivity contribution in [3.63, 3.8) is 0 Å². The molecule has 2 aromatic rings. The molecule has 6 heteroatoms. The normalized spacial score (nSPS) is 13.6. The van der Waals surface area contributed by atoms with Gasteiger partial charge in [0, 0.05) is 22.7 Å². The maximum Gasteiger partial charge on any atom is 0.338 e. The van der Waals surface area contributed by atoms with E-state index in [1.54, 1.807) is 44.2 Å². The smallest absolute Gasteiger partial charge is 0.338 e. The van der Waals surface area contributed by atoms with E-state index in [4.69, 9.17) is 9.47 Å². The van der Waals surface area contributed by atoms with Crippen LogP contribution in [0.3, 0.4) is 0 Å². The molecule has 1 aliphatic rings. The minimum Gasteiger partial charge on any atom is -0.488 e. The van der Waals surface area contributed by atoms with Gasteiger partial charge in [-0.25, -0.2) is 4.79 Å². The average molecular weight is 393 g/mol. The Morgan fingerprint density at radius 3 is 2.38 bits per heavy atom. The summed E-state index contributed by atoms with van der Waals surface area (Å²) in [6.45, 7) is 5.23. The Morgan fingerprint density at radius 2 is 1.69 bits per heavy atom. The molecule has 0 saturated heterocycles. The number of amides is 1. The lowest BCUT2D eigenvalue weighted by Gasteiger charge is -2.19. The molecular formula is C23H23NO5. The molecule has 1 atom stereocenters. The van der Waals surface area contributed by atoms with Gasteiger partial charge in [-0.1, -0.05) is 32.0 Å². The molecule has 0 saturated carbocycles. The number of hydrogen-bond donors (Lipinski definition) is 1. The van der Waals surface area contributed by atoms with Crippen LogP contribution in [-0.2, 0) is 14.3 Å². The standard InChI is InChI=1S/C23H23NO5/c1-14(2)22(26)24-19-10-8-16(9-11-19)21(25)15(3)29-23(27)18-12-17-6-4-5-7-20(17)28-13-18/h4-12,14-15H,13H2,1-3H3,(H,24,26)/t15-/m0/s1. The molecule has 1 aliphatic heterocycles. The molecular weight excluding hydrogens is 370 g/mol. The first-order chi connectivity index (χ1) is 13.8. The minimum absolute atomic E-state index is 0.0982. The summed E-state index contributed by atoms with van der Waals surface area (Å²) < 4.78 is 10.9. The van der Waals surface area contributed by atoms with Gasteiger partial charge in [-0.3, -0.25) is 9.59 Å². The van der Waals surface area contributed by atoms with Crippen molar-refractivity contribution in [1.82, 2.24) is 0 Å². The fourth-order valence-corrected chi connectivity index (χ4v) is 2.76. The van der Waals surface area contributed by atoms with Crippen molar-refractivity contribution < 1.29 is 23.9 Å². The van der Waals surface area contributed by atoms with Gasteiger partial charge in [-0.2, -0.15) is 0 Å². The largest absolute Gasteiger partial charge is 0.488 e. The topological polar surface area (TPSA) is 81.7 Å². The first-order valence-electron chi connectivity index (χ1n) is 9.43. The number of anilines is 1. The van der Waals surface area contributed by atoms with E-state index in [0.717, 1.165) is 5.56 Å². The molecule has 29 heavy (non-hydrogen) atoms. The van der Waals surface area contributed by atoms with Crippen LogP contribution in [0.1, 0.15) is 36.7 Å². The number of para-hydroxylation sites is 1. The molecule has 0 aromatic heterocycles. The Balaban J connectivity index is 1.62. The lowest BCUT2D eigenvalue weighted by atomic mass is 10.1. The van der Waals surface area contributed by atoms with Crippen LogP contribution >= 0.6 is 0 Å². The van der Waals surface area contributed by atoms with Gasteiger partial charge < -0.3 is 14.8 Å². The third-order valence-corrected chi connectivity index (χ3v) is 4.51. The first-order valence-corrected chi connectivity index (χ1v) is 9.43. The summed E-state index contributed by atoms with van der Waals surface area (Å²) in [4.78, 5) is 36.7. The third-order valence-electron chi connectivity index (χ3n) is 4.51. The lowest BCUT2D eigenvalue weighted by Crippen LogP contribution is -2.27. The number of rotatable bonds is 6. The van der Waals surface area contributed by atoms with Crippen molar-refractivity contribution in [2.45, 2.75) is 26.9 Å². The van der Waals surface area contributed by atoms with Crippen LogP contribution < -0.4 is 10.1 Å². The van der Waals surface area contributed by atoms with Gasteiger partial charge >= 0.3 is 5.97 Å². The maximum atomic E-state index is 12.6. The second-order valence-electron chi connectivity index (χ2n) is 7.13. The first kappa shape index (κ1) is 20.3. The van der Waals surface area contributed by atoms with Gasteiger partial charge in [0.15, 0.2) is 6.10 Å². The third kappa shape index (κ3) is 4.90. The lowest BCUT2D eigenvalue weighted by molar-refractivity contribution is -0.142. The fourth-order valence-electron chi connectivity index (χ4n) is 2.76. The van der Waals surface area contributed by atoms with Crippen LogP contribution in [0.5, 0.6) is 5.75 Å². The molecule has 150 valence electrons. The molecule has 0 aliphatic carbocycles. The van der Waals surface area contributed by atoms with Crippen LogP contribution in [-0.4, -0.2) is 30.4 Å². The molecule has 0 unspecified atom stereocenters. The number of carbonyl (C=O) groups is 3. The van der Waals surface area contributed by atoms with E-state index in [-0.39, 0.29) is 24.2 Å². The summed E-state index contributed by atoms with van der Waals surface area (Å²) in [7, 11) is 0. The molecule has 0 spiro atoms. The van der Waals surface area contributed by atoms with Crippen LogP contribution in [0, 0.1) is 5.92 Å². The Bertz CT molecular complexity index is 959. The van der Waals surface area contributed by atoms with Crippen molar-refractivity contribution in [2.24, 2.45) is 5.92 Å². The molecule has 2 aromatic carbocycles. The van der Waals surface area contributed by atoms with E-state index in [1.165, 1.54) is 6.92 Å². The van der Waals surface area contributed by atoms with Crippen molar-refractivity contribution in [3.8, 4) is 5.75 Å². The number of esters is 1. The highest BCUT2D eigenvalue weighted by atomic mass is 16.5. The van der Waals surface area contributed by atoms with E-state index in [1.807, 2.05) is 24.3 Å². The fraction of sp³-hybridized carbons (Fsp3) is 0.261. The molecule has 1 amide bonds. The quantitative estimate of drug-likeness (QED) is 0.595. The number of ketones is 1. The predicted molar refractivity (Wildman–Crippen MR) is 110 cm³/mol. The van der Waals surface area contributed by atoms with E-state index in [0.29, 0.717) is 22.6 Å². The molecule has 3 rings (SSSR count). The Labute approximate surface area is 169 Å². The summed E-state index contributed by atoms with van der Waals surface area (Å²) in [5.41, 5.74) is 2.15. The summed E-state index contributed by atoms with van der Waals surface area (Å²) in [5, 5.41) is 2.76. The monoisotopic (exact) mass is 393 g/mol. The summed E-state index contributed by atoms with van der Waals surface area (Å²) >= 11 is 0. The molecule has 1 N–H and O–H groups in total. The van der Waals surface area contributed by atoms with Crippen molar-refractivity contribution >= 4 is 29.4 Å². The molecule has 1 heterocycles. The van der Waals surface area contributed by atoms with Gasteiger partial charge in [-0.15, -0.1) is 0 Å². The Morgan fingerprint density at radius 1 is 1.00 bits per heavy atom. The summed E-state index contributed by atoms with van der Waals surface area (Å²) in [6.07, 6.45) is 0.765. The Kier molecular flexibility index (Phi) is 6.12. The van der Waals surface area contributed by atoms with E-state index >= 15 is 0 Å². The van der Waals surface area contributed by atoms with E-state index < -0.39 is 12.1 Å². The number of fused-ring (bicyclic) bond motifs is 1. The van der Waals surface area contributed by atoms with Crippen LogP contribution in [0.2, 0.25) is 0 Å². The highest BCUT2D eigenvalue weighted by Gasteiger charge is 2.24. The zero-order chi connectivity index (χ0) is 21.0. The van der Waals surface area contributed by atoms with Crippen LogP contribution in [0.15, 0.2) is 54.1 Å². The number of Topliss-reactive ketones (excluding diaryl/α,β-unsaturated/α-hetero) is 1. The SMILES string of the molecule is CC(C)C(=O)Nc1ccc(C(=O)[C@H](C)OC(=O)C2=Cc3ccccc3OC2)cc1. The van der Waals surface area contributed by atoms with Crippen molar-refractivity contribution in [3.05, 3.63) is 65.2 Å². The summed E-state index contributed by atoms with van der Waals surface area (Å²) in [5.74, 6) is -0.437. The number of nitrogens with one attached hydrogen (secondary N) is 1. The van der Waals surface area contributed by atoms with Gasteiger partial charge in [0.2, 0.25) is 11.7 Å². The maximum absolute atomic E-state index is 12.6. The zero-order valence-corrected chi connectivity index (χ0v) is 16.6. The molecule has 0 fully saturated rings.